The number of hydrogen-bond donors (Lipinski definition) is 0. The van der Waals surface area contributed by atoms with E-state index in [1.165, 1.54) is 23.1 Å². The molecule has 0 aliphatic carbocycles. The van der Waals surface area contributed by atoms with E-state index in [0.717, 1.165) is 26.2 Å². The van der Waals surface area contributed by atoms with Gasteiger partial charge in [-0.15, -0.1) is 0 Å². The topological polar surface area (TPSA) is 59.1 Å². The van der Waals surface area contributed by atoms with Gasteiger partial charge in [0.15, 0.2) is 0 Å². The predicted molar refractivity (Wildman–Crippen MR) is 105 cm³/mol. The van der Waals surface area contributed by atoms with Crippen LogP contribution in [0.3, 0.4) is 0 Å². The summed E-state index contributed by atoms with van der Waals surface area (Å²) >= 11 is 2.31. The monoisotopic (exact) mass is 460 g/mol. The molecule has 0 radical (unpaired) electrons. The Morgan fingerprint density at radius 3 is 2.28 bits per heavy atom. The van der Waals surface area contributed by atoms with E-state index in [9.17, 15) is 9.59 Å². The summed E-state index contributed by atoms with van der Waals surface area (Å²) in [6.07, 6.45) is 0.276. The quantitative estimate of drug-likeness (QED) is 0.460. The lowest BCUT2D eigenvalue weighted by Crippen LogP contribution is -2.49. The number of hydrogen-bond acceptors (Lipinski definition) is 6. The first-order valence-electron chi connectivity index (χ1n) is 8.47. The zero-order valence-corrected chi connectivity index (χ0v) is 16.9. The highest BCUT2D eigenvalue weighted by Crippen LogP contribution is 2.18. The number of rotatable bonds is 7. The molecule has 25 heavy (non-hydrogen) atoms. The van der Waals surface area contributed by atoms with Crippen LogP contribution in [0.15, 0.2) is 24.3 Å². The van der Waals surface area contributed by atoms with Gasteiger partial charge in [0.05, 0.1) is 6.61 Å². The average Bonchev–Trinajstić information content (AvgIpc) is 2.55. The smallest absolute Gasteiger partial charge is 0.302 e. The first-order valence-corrected chi connectivity index (χ1v) is 9.55. The maximum Gasteiger partial charge on any atom is 0.302 e. The van der Waals surface area contributed by atoms with E-state index in [2.05, 4.69) is 56.7 Å². The third-order valence-electron chi connectivity index (χ3n) is 4.10. The molecule has 1 fully saturated rings. The van der Waals surface area contributed by atoms with Crippen molar-refractivity contribution in [2.24, 2.45) is 0 Å². The number of anilines is 1. The van der Waals surface area contributed by atoms with Gasteiger partial charge in [0.1, 0.15) is 6.10 Å². The van der Waals surface area contributed by atoms with Crippen molar-refractivity contribution in [3.63, 3.8) is 0 Å². The number of nitrogens with zero attached hydrogens (tertiary/aromatic N) is 2. The third kappa shape index (κ3) is 7.19. The number of esters is 2. The molecule has 7 heteroatoms. The maximum atomic E-state index is 11.3. The summed E-state index contributed by atoms with van der Waals surface area (Å²) in [5, 5.41) is 0. The SMILES string of the molecule is CC(=O)OCC[C@H](CN1CCN(c2ccc(I)cc2)CC1)OC(C)=O. The summed E-state index contributed by atoms with van der Waals surface area (Å²) in [5.74, 6) is -0.613. The molecule has 0 saturated carbocycles. The van der Waals surface area contributed by atoms with Crippen molar-refractivity contribution < 1.29 is 19.1 Å². The van der Waals surface area contributed by atoms with E-state index in [0.29, 0.717) is 13.0 Å². The molecule has 0 aromatic heterocycles. The molecule has 138 valence electrons. The fourth-order valence-corrected chi connectivity index (χ4v) is 3.24. The predicted octanol–water partition coefficient (Wildman–Crippen LogP) is 2.30. The van der Waals surface area contributed by atoms with Crippen molar-refractivity contribution in [1.29, 1.82) is 0 Å². The summed E-state index contributed by atoms with van der Waals surface area (Å²) in [6, 6.07) is 8.54. The van der Waals surface area contributed by atoms with E-state index < -0.39 is 0 Å². The van der Waals surface area contributed by atoms with Crippen molar-refractivity contribution >= 4 is 40.2 Å². The number of ether oxygens (including phenoxy) is 2. The molecule has 0 bridgehead atoms. The fourth-order valence-electron chi connectivity index (χ4n) is 2.88. The van der Waals surface area contributed by atoms with Crippen LogP contribution < -0.4 is 4.90 Å². The van der Waals surface area contributed by atoms with Gasteiger partial charge in [-0.1, -0.05) is 0 Å². The first-order chi connectivity index (χ1) is 11.9. The second-order valence-electron chi connectivity index (χ2n) is 6.12. The summed E-state index contributed by atoms with van der Waals surface area (Å²) in [7, 11) is 0. The average molecular weight is 460 g/mol. The van der Waals surface area contributed by atoms with Crippen LogP contribution in [-0.2, 0) is 19.1 Å². The molecule has 1 aromatic rings. The van der Waals surface area contributed by atoms with Gasteiger partial charge in [-0.05, 0) is 46.9 Å². The van der Waals surface area contributed by atoms with Crippen molar-refractivity contribution in [1.82, 2.24) is 4.90 Å². The highest BCUT2D eigenvalue weighted by atomic mass is 127. The lowest BCUT2D eigenvalue weighted by atomic mass is 10.2. The van der Waals surface area contributed by atoms with Gasteiger partial charge in [0.25, 0.3) is 0 Å². The Morgan fingerprint density at radius 2 is 1.72 bits per heavy atom. The van der Waals surface area contributed by atoms with Crippen LogP contribution in [0.2, 0.25) is 0 Å². The molecule has 1 aromatic carbocycles. The minimum Gasteiger partial charge on any atom is -0.466 e. The molecule has 1 heterocycles. The van der Waals surface area contributed by atoms with Crippen LogP contribution in [0, 0.1) is 3.57 Å². The van der Waals surface area contributed by atoms with Crippen molar-refractivity contribution in [2.75, 3.05) is 44.2 Å². The Balaban J connectivity index is 1.81. The maximum absolute atomic E-state index is 11.3. The largest absolute Gasteiger partial charge is 0.466 e. The van der Waals surface area contributed by atoms with Gasteiger partial charge < -0.3 is 14.4 Å². The minimum absolute atomic E-state index is 0.248. The van der Waals surface area contributed by atoms with Crippen molar-refractivity contribution in [3.8, 4) is 0 Å². The van der Waals surface area contributed by atoms with E-state index in [1.54, 1.807) is 0 Å². The second kappa shape index (κ2) is 9.96. The highest BCUT2D eigenvalue weighted by molar-refractivity contribution is 14.1. The van der Waals surface area contributed by atoms with Gasteiger partial charge in [0, 0.05) is 62.2 Å². The standard InChI is InChI=1S/C18H25IN2O4/c1-14(22)24-12-7-18(25-15(2)23)13-20-8-10-21(11-9-20)17-5-3-16(19)4-6-17/h3-6,18H,7-13H2,1-2H3/t18-/m1/s1. The molecule has 1 saturated heterocycles. The van der Waals surface area contributed by atoms with E-state index in [-0.39, 0.29) is 24.6 Å². The second-order valence-corrected chi connectivity index (χ2v) is 7.37. The molecule has 6 nitrogen and oxygen atoms in total. The summed E-state index contributed by atoms with van der Waals surface area (Å²) in [5.41, 5.74) is 1.24. The molecule has 0 spiro atoms. The normalized spacial score (nSPS) is 16.4. The lowest BCUT2D eigenvalue weighted by molar-refractivity contribution is -0.149. The zero-order chi connectivity index (χ0) is 18.2. The number of benzene rings is 1. The molecule has 0 unspecified atom stereocenters. The van der Waals surface area contributed by atoms with E-state index >= 15 is 0 Å². The molecule has 0 N–H and O–H groups in total. The summed E-state index contributed by atoms with van der Waals surface area (Å²) in [6.45, 7) is 7.44. The minimum atomic E-state index is -0.312. The molecule has 1 aliphatic rings. The third-order valence-corrected chi connectivity index (χ3v) is 4.82. The van der Waals surface area contributed by atoms with Gasteiger partial charge in [-0.25, -0.2) is 0 Å². The summed E-state index contributed by atoms with van der Waals surface area (Å²) in [4.78, 5) is 26.8. The Morgan fingerprint density at radius 1 is 1.08 bits per heavy atom. The van der Waals surface area contributed by atoms with E-state index in [1.807, 2.05) is 0 Å². The van der Waals surface area contributed by atoms with Crippen molar-refractivity contribution in [2.45, 2.75) is 26.4 Å². The Labute approximate surface area is 162 Å². The van der Waals surface area contributed by atoms with Crippen LogP contribution in [0.25, 0.3) is 0 Å². The molecular weight excluding hydrogens is 435 g/mol. The fraction of sp³-hybridized carbons (Fsp3) is 0.556. The molecular formula is C18H25IN2O4. The molecule has 1 aliphatic heterocycles. The van der Waals surface area contributed by atoms with Gasteiger partial charge in [-0.3, -0.25) is 14.5 Å². The molecule has 2 rings (SSSR count). The number of halogens is 1. The van der Waals surface area contributed by atoms with Crippen LogP contribution in [0.1, 0.15) is 20.3 Å². The summed E-state index contributed by atoms with van der Waals surface area (Å²) < 4.78 is 11.6. The first kappa shape index (κ1) is 20.0. The number of carbonyl (C=O) groups is 2. The Kier molecular flexibility index (Phi) is 7.95. The Bertz CT molecular complexity index is 571. The Hall–Kier alpha value is -1.35. The number of piperazine rings is 1. The van der Waals surface area contributed by atoms with Crippen molar-refractivity contribution in [3.05, 3.63) is 27.8 Å². The van der Waals surface area contributed by atoms with Crippen LogP contribution in [0.4, 0.5) is 5.69 Å². The van der Waals surface area contributed by atoms with Gasteiger partial charge in [0.2, 0.25) is 0 Å². The van der Waals surface area contributed by atoms with E-state index in [4.69, 9.17) is 9.47 Å². The number of carbonyl (C=O) groups excluding carboxylic acids is 2. The van der Waals surface area contributed by atoms with Gasteiger partial charge >= 0.3 is 11.9 Å². The zero-order valence-electron chi connectivity index (χ0n) is 14.7. The van der Waals surface area contributed by atoms with Crippen LogP contribution >= 0.6 is 22.6 Å². The van der Waals surface area contributed by atoms with Crippen LogP contribution in [0.5, 0.6) is 0 Å². The molecule has 0 amide bonds. The highest BCUT2D eigenvalue weighted by Gasteiger charge is 2.22. The lowest BCUT2D eigenvalue weighted by Gasteiger charge is -2.37. The molecule has 1 atom stereocenters. The van der Waals surface area contributed by atoms with Gasteiger partial charge in [-0.2, -0.15) is 0 Å². The van der Waals surface area contributed by atoms with Crippen LogP contribution in [-0.4, -0.2) is 62.3 Å².